The highest BCUT2D eigenvalue weighted by molar-refractivity contribution is 5.84. The van der Waals surface area contributed by atoms with Gasteiger partial charge in [-0.25, -0.2) is 8.78 Å². The first-order valence-corrected chi connectivity index (χ1v) is 13.1. The van der Waals surface area contributed by atoms with Crippen molar-refractivity contribution in [3.8, 4) is 44.9 Å². The molecule has 4 nitrogen and oxygen atoms in total. The third kappa shape index (κ3) is 5.68. The van der Waals surface area contributed by atoms with Gasteiger partial charge in [0, 0.05) is 24.3 Å². The summed E-state index contributed by atoms with van der Waals surface area (Å²) < 4.78 is 41.0. The van der Waals surface area contributed by atoms with Gasteiger partial charge in [-0.2, -0.15) is 0 Å². The fourth-order valence-electron chi connectivity index (χ4n) is 5.23. The average Bonchev–Trinajstić information content (AvgIpc) is 2.93. The second-order valence-corrected chi connectivity index (χ2v) is 9.62. The van der Waals surface area contributed by atoms with Crippen molar-refractivity contribution in [2.45, 2.75) is 39.7 Å². The van der Waals surface area contributed by atoms with Crippen LogP contribution in [0, 0.1) is 25.5 Å². The number of aliphatic hydroxyl groups is 1. The lowest BCUT2D eigenvalue weighted by Gasteiger charge is -2.18. The molecule has 0 radical (unpaired) electrons. The van der Waals surface area contributed by atoms with Gasteiger partial charge in [0.05, 0.1) is 14.2 Å². The molecule has 0 fully saturated rings. The van der Waals surface area contributed by atoms with Crippen LogP contribution in [0.2, 0.25) is 0 Å². The van der Waals surface area contributed by atoms with Crippen molar-refractivity contribution in [2.75, 3.05) is 20.8 Å². The zero-order valence-electron chi connectivity index (χ0n) is 22.9. The molecule has 4 rings (SSSR count). The summed E-state index contributed by atoms with van der Waals surface area (Å²) in [7, 11) is 3.06. The molecule has 4 aromatic rings. The molecule has 0 aliphatic rings. The number of aliphatic hydroxyl groups excluding tert-OH is 1. The van der Waals surface area contributed by atoms with E-state index >= 15 is 4.39 Å². The number of unbranched alkanes of at least 4 members (excludes halogenated alkanes) is 1. The van der Waals surface area contributed by atoms with E-state index in [2.05, 4.69) is 0 Å². The van der Waals surface area contributed by atoms with Crippen molar-refractivity contribution in [3.63, 3.8) is 0 Å². The van der Waals surface area contributed by atoms with Crippen LogP contribution < -0.4 is 15.2 Å². The Morgan fingerprint density at radius 2 is 1.15 bits per heavy atom. The van der Waals surface area contributed by atoms with Gasteiger partial charge in [0.2, 0.25) is 0 Å². The van der Waals surface area contributed by atoms with E-state index in [0.717, 1.165) is 38.9 Å². The Bertz CT molecular complexity index is 1480. The van der Waals surface area contributed by atoms with Gasteiger partial charge in [-0.1, -0.05) is 36.4 Å². The maximum Gasteiger partial charge on any atom is 0.132 e. The van der Waals surface area contributed by atoms with Gasteiger partial charge in [0.1, 0.15) is 23.1 Å². The number of hydrogen-bond acceptors (Lipinski definition) is 4. The molecule has 0 spiro atoms. The van der Waals surface area contributed by atoms with Crippen LogP contribution in [0.15, 0.2) is 60.7 Å². The van der Waals surface area contributed by atoms with Crippen molar-refractivity contribution in [3.05, 3.63) is 94.6 Å². The fourth-order valence-corrected chi connectivity index (χ4v) is 5.23. The molecule has 0 aliphatic heterocycles. The van der Waals surface area contributed by atoms with Gasteiger partial charge >= 0.3 is 0 Å². The quantitative estimate of drug-likeness (QED) is 0.210. The van der Waals surface area contributed by atoms with Crippen molar-refractivity contribution >= 4 is 0 Å². The SMILES string of the molecule is COc1cc(-c2cccc(-c3cccc(-c4cc(F)c(CCCCO)c(OC)c4)c3C)c2C)cc(F)c1CN. The average molecular weight is 532 g/mol. The number of methoxy groups -OCH3 is 2. The van der Waals surface area contributed by atoms with E-state index in [9.17, 15) is 4.39 Å². The molecule has 0 aromatic heterocycles. The van der Waals surface area contributed by atoms with Crippen LogP contribution in [0.3, 0.4) is 0 Å². The highest BCUT2D eigenvalue weighted by Gasteiger charge is 2.18. The largest absolute Gasteiger partial charge is 0.496 e. The second kappa shape index (κ2) is 12.4. The van der Waals surface area contributed by atoms with Crippen molar-refractivity contribution in [2.24, 2.45) is 5.73 Å². The van der Waals surface area contributed by atoms with Crippen LogP contribution in [0.1, 0.15) is 35.1 Å². The van der Waals surface area contributed by atoms with Gasteiger partial charge in [-0.15, -0.1) is 0 Å². The molecule has 204 valence electrons. The third-order valence-corrected chi connectivity index (χ3v) is 7.37. The Hall–Kier alpha value is -3.74. The second-order valence-electron chi connectivity index (χ2n) is 9.62. The molecule has 0 atom stereocenters. The van der Waals surface area contributed by atoms with Crippen LogP contribution in [-0.2, 0) is 13.0 Å². The van der Waals surface area contributed by atoms with Gasteiger partial charge < -0.3 is 20.3 Å². The number of benzene rings is 4. The predicted molar refractivity (Wildman–Crippen MR) is 153 cm³/mol. The zero-order valence-corrected chi connectivity index (χ0v) is 22.9. The molecule has 0 saturated carbocycles. The number of nitrogens with two attached hydrogens (primary N) is 1. The number of rotatable bonds is 10. The molecule has 0 heterocycles. The maximum atomic E-state index is 15.2. The minimum atomic E-state index is -0.398. The molecule has 0 aliphatic carbocycles. The summed E-state index contributed by atoms with van der Waals surface area (Å²) in [5.41, 5.74) is 13.8. The number of ether oxygens (including phenoxy) is 2. The van der Waals surface area contributed by atoms with Crippen molar-refractivity contribution in [1.29, 1.82) is 0 Å². The summed E-state index contributed by atoms with van der Waals surface area (Å²) in [5.74, 6) is 0.210. The molecule has 0 unspecified atom stereocenters. The molecule has 6 heteroatoms. The summed E-state index contributed by atoms with van der Waals surface area (Å²) in [6.45, 7) is 4.17. The van der Waals surface area contributed by atoms with E-state index in [-0.39, 0.29) is 19.0 Å². The standard InChI is InChI=1S/C33H35F2NO3/c1-20-24(22-15-30(34)28(9-5-6-14-37)32(17-22)38-3)10-7-12-26(20)27-13-8-11-25(21(27)2)23-16-31(35)29(19-36)33(18-23)39-4/h7-8,10-13,15-18,37H,5-6,9,14,19,36H2,1-4H3. The monoisotopic (exact) mass is 531 g/mol. The molecule has 0 saturated heterocycles. The molecule has 0 amide bonds. The molecule has 39 heavy (non-hydrogen) atoms. The van der Waals surface area contributed by atoms with E-state index in [4.69, 9.17) is 20.3 Å². The van der Waals surface area contributed by atoms with E-state index in [1.807, 2.05) is 62.4 Å². The van der Waals surface area contributed by atoms with Gasteiger partial charge in [-0.3, -0.25) is 0 Å². The number of hydrogen-bond donors (Lipinski definition) is 2. The van der Waals surface area contributed by atoms with E-state index in [1.165, 1.54) is 13.2 Å². The van der Waals surface area contributed by atoms with Crippen LogP contribution in [-0.4, -0.2) is 25.9 Å². The van der Waals surface area contributed by atoms with Gasteiger partial charge in [-0.05, 0) is 102 Å². The van der Waals surface area contributed by atoms with Crippen LogP contribution in [0.5, 0.6) is 11.5 Å². The molecule has 3 N–H and O–H groups in total. The van der Waals surface area contributed by atoms with Crippen LogP contribution in [0.25, 0.3) is 33.4 Å². The highest BCUT2D eigenvalue weighted by Crippen LogP contribution is 2.39. The summed E-state index contributed by atoms with van der Waals surface area (Å²) in [6.07, 6.45) is 1.79. The molecular weight excluding hydrogens is 496 g/mol. The lowest BCUT2D eigenvalue weighted by atomic mass is 9.87. The topological polar surface area (TPSA) is 64.7 Å². The Kier molecular flexibility index (Phi) is 9.00. The van der Waals surface area contributed by atoms with Gasteiger partial charge in [0.25, 0.3) is 0 Å². The molecule has 0 bridgehead atoms. The maximum absolute atomic E-state index is 15.2. The fraction of sp³-hybridized carbons (Fsp3) is 0.273. The van der Waals surface area contributed by atoms with Crippen LogP contribution in [0.4, 0.5) is 8.78 Å². The first kappa shape index (κ1) is 28.3. The lowest BCUT2D eigenvalue weighted by molar-refractivity contribution is 0.284. The smallest absolute Gasteiger partial charge is 0.132 e. The number of halogens is 2. The normalized spacial score (nSPS) is 11.1. The molecule has 4 aromatic carbocycles. The van der Waals surface area contributed by atoms with E-state index in [1.54, 1.807) is 13.2 Å². The van der Waals surface area contributed by atoms with Crippen LogP contribution >= 0.6 is 0 Å². The van der Waals surface area contributed by atoms with Gasteiger partial charge in [0.15, 0.2) is 0 Å². The first-order chi connectivity index (χ1) is 18.8. The Labute approximate surface area is 229 Å². The Morgan fingerprint density at radius 3 is 1.62 bits per heavy atom. The minimum absolute atomic E-state index is 0.0509. The van der Waals surface area contributed by atoms with E-state index < -0.39 is 5.82 Å². The van der Waals surface area contributed by atoms with Crippen molar-refractivity contribution in [1.82, 2.24) is 0 Å². The third-order valence-electron chi connectivity index (χ3n) is 7.37. The minimum Gasteiger partial charge on any atom is -0.496 e. The zero-order chi connectivity index (χ0) is 28.1. The Morgan fingerprint density at radius 1 is 0.692 bits per heavy atom. The van der Waals surface area contributed by atoms with E-state index in [0.29, 0.717) is 47.5 Å². The lowest BCUT2D eigenvalue weighted by Crippen LogP contribution is -2.04. The molecular formula is C33H35F2NO3. The van der Waals surface area contributed by atoms with Crippen molar-refractivity contribution < 1.29 is 23.4 Å². The summed E-state index contributed by atoms with van der Waals surface area (Å²) in [5, 5.41) is 9.09. The summed E-state index contributed by atoms with van der Waals surface area (Å²) in [6, 6.07) is 18.7. The first-order valence-electron chi connectivity index (χ1n) is 13.1. The summed E-state index contributed by atoms with van der Waals surface area (Å²) in [4.78, 5) is 0. The summed E-state index contributed by atoms with van der Waals surface area (Å²) >= 11 is 0. The highest BCUT2D eigenvalue weighted by atomic mass is 19.1. The predicted octanol–water partition coefficient (Wildman–Crippen LogP) is 7.37. The Balaban J connectivity index is 1.79.